The van der Waals surface area contributed by atoms with Gasteiger partial charge in [0.1, 0.15) is 11.2 Å². The molecule has 0 unspecified atom stereocenters. The first-order chi connectivity index (χ1) is 18.3. The number of rotatable bonds is 1. The van der Waals surface area contributed by atoms with Gasteiger partial charge < -0.3 is 8.98 Å². The van der Waals surface area contributed by atoms with E-state index in [4.69, 9.17) is 4.42 Å². The molecule has 3 aromatic heterocycles. The van der Waals surface area contributed by atoms with Crippen molar-refractivity contribution in [2.24, 2.45) is 0 Å². The highest BCUT2D eigenvalue weighted by Gasteiger charge is 2.25. The summed E-state index contributed by atoms with van der Waals surface area (Å²) in [6.07, 6.45) is 0. The molecule has 10 rings (SSSR count). The quantitative estimate of drug-likeness (QED) is 0.225. The number of fused-ring (bicyclic) bond motifs is 4. The van der Waals surface area contributed by atoms with E-state index in [1.165, 1.54) is 80.3 Å². The molecule has 170 valence electrons. The Morgan fingerprint density at radius 3 is 2.27 bits per heavy atom. The number of furan rings is 1. The lowest BCUT2D eigenvalue weighted by Crippen LogP contribution is -1.94. The van der Waals surface area contributed by atoms with Crippen molar-refractivity contribution in [3.05, 3.63) is 103 Å². The third-order valence-corrected chi connectivity index (χ3v) is 9.46. The summed E-state index contributed by atoms with van der Waals surface area (Å²) in [5.74, 6) is 0. The molecule has 3 heteroatoms. The van der Waals surface area contributed by atoms with Crippen molar-refractivity contribution in [3.8, 4) is 16.8 Å². The lowest BCUT2D eigenvalue weighted by molar-refractivity contribution is 0.669. The Morgan fingerprint density at radius 2 is 1.30 bits per heavy atom. The molecule has 2 nitrogen and oxygen atoms in total. The molecular weight excluding hydrogens is 470 g/mol. The molecule has 0 amide bonds. The van der Waals surface area contributed by atoms with E-state index in [0.717, 1.165) is 11.2 Å². The summed E-state index contributed by atoms with van der Waals surface area (Å²) in [5, 5.41) is 10.3. The first-order valence-electron chi connectivity index (χ1n) is 12.6. The maximum atomic E-state index is 6.38. The molecule has 0 spiro atoms. The summed E-state index contributed by atoms with van der Waals surface area (Å²) >= 11 is 1.87. The van der Waals surface area contributed by atoms with Crippen molar-refractivity contribution in [1.82, 2.24) is 4.57 Å². The van der Waals surface area contributed by atoms with Gasteiger partial charge in [0.2, 0.25) is 0 Å². The average Bonchev–Trinajstić information content (AvgIpc) is 3.58. The number of benzene rings is 6. The summed E-state index contributed by atoms with van der Waals surface area (Å²) in [6, 6.07) is 37.8. The van der Waals surface area contributed by atoms with Crippen LogP contribution in [-0.4, -0.2) is 4.57 Å². The van der Waals surface area contributed by atoms with Crippen LogP contribution in [0.1, 0.15) is 0 Å². The zero-order valence-corrected chi connectivity index (χ0v) is 20.4. The maximum Gasteiger partial charge on any atom is 0.136 e. The second kappa shape index (κ2) is 6.20. The van der Waals surface area contributed by atoms with E-state index in [-0.39, 0.29) is 0 Å². The van der Waals surface area contributed by atoms with Gasteiger partial charge in [-0.25, -0.2) is 0 Å². The fourth-order valence-electron chi connectivity index (χ4n) is 6.85. The van der Waals surface area contributed by atoms with Crippen LogP contribution in [0.4, 0.5) is 0 Å². The summed E-state index contributed by atoms with van der Waals surface area (Å²) in [6.45, 7) is 0. The standard InChI is InChI=1S/C34H17NOS/c1-2-10-28-20(5-1)23-17-19(13-16-29(23)37-28)35-24-8-3-6-21-22-7-4-9-26-32(22)34-27(36-26)15-12-18-11-14-25(35)33(30(18)34)31(21)24/h1-17H. The van der Waals surface area contributed by atoms with E-state index in [2.05, 4.69) is 108 Å². The summed E-state index contributed by atoms with van der Waals surface area (Å²) in [4.78, 5) is 0. The Kier molecular flexibility index (Phi) is 3.12. The molecule has 1 aliphatic carbocycles. The SMILES string of the molecule is c1cc2c3c(c1)oc1ccc4ccc5c(c6c-2cccc6n5-c2ccc5sc6ccccc6c5c2)c4c13. The van der Waals surface area contributed by atoms with Crippen molar-refractivity contribution in [3.63, 3.8) is 0 Å². The van der Waals surface area contributed by atoms with Crippen LogP contribution in [0.15, 0.2) is 108 Å². The molecule has 1 aliphatic rings. The van der Waals surface area contributed by atoms with Crippen molar-refractivity contribution in [2.75, 3.05) is 0 Å². The molecule has 0 radical (unpaired) electrons. The lowest BCUT2D eigenvalue weighted by Gasteiger charge is -2.10. The van der Waals surface area contributed by atoms with Crippen LogP contribution < -0.4 is 0 Å². The highest BCUT2D eigenvalue weighted by molar-refractivity contribution is 7.25. The average molecular weight is 488 g/mol. The summed E-state index contributed by atoms with van der Waals surface area (Å²) in [5.41, 5.74) is 8.14. The van der Waals surface area contributed by atoms with Crippen molar-refractivity contribution in [2.45, 2.75) is 0 Å². The van der Waals surface area contributed by atoms with Crippen molar-refractivity contribution in [1.29, 1.82) is 0 Å². The Balaban J connectivity index is 1.46. The van der Waals surface area contributed by atoms with E-state index >= 15 is 0 Å². The number of hydrogen-bond acceptors (Lipinski definition) is 2. The van der Waals surface area contributed by atoms with E-state index in [9.17, 15) is 0 Å². The molecule has 37 heavy (non-hydrogen) atoms. The second-order valence-corrected chi connectivity index (χ2v) is 11.2. The largest absolute Gasteiger partial charge is 0.456 e. The van der Waals surface area contributed by atoms with E-state index in [1.54, 1.807) is 0 Å². The van der Waals surface area contributed by atoms with Gasteiger partial charge in [-0.1, -0.05) is 54.6 Å². The topological polar surface area (TPSA) is 18.1 Å². The third-order valence-electron chi connectivity index (χ3n) is 8.31. The van der Waals surface area contributed by atoms with Crippen LogP contribution >= 0.6 is 11.3 Å². The molecule has 0 fully saturated rings. The van der Waals surface area contributed by atoms with E-state index in [1.807, 2.05) is 11.3 Å². The zero-order chi connectivity index (χ0) is 23.8. The van der Waals surface area contributed by atoms with Gasteiger partial charge in [-0.3, -0.25) is 0 Å². The number of hydrogen-bond donors (Lipinski definition) is 0. The Morgan fingerprint density at radius 1 is 0.514 bits per heavy atom. The Bertz CT molecular complexity index is 2470. The minimum atomic E-state index is 0.960. The van der Waals surface area contributed by atoms with Gasteiger partial charge in [0.15, 0.2) is 0 Å². The van der Waals surface area contributed by atoms with Crippen molar-refractivity contribution < 1.29 is 4.42 Å². The molecule has 6 aromatic carbocycles. The number of nitrogens with zero attached hydrogens (tertiary/aromatic N) is 1. The molecule has 0 aliphatic heterocycles. The van der Waals surface area contributed by atoms with Gasteiger partial charge in [0.25, 0.3) is 0 Å². The predicted molar refractivity (Wildman–Crippen MR) is 157 cm³/mol. The van der Waals surface area contributed by atoms with Gasteiger partial charge >= 0.3 is 0 Å². The molecule has 0 saturated carbocycles. The molecule has 9 aromatic rings. The number of aromatic nitrogens is 1. The second-order valence-electron chi connectivity index (χ2n) is 10.1. The predicted octanol–water partition coefficient (Wildman–Crippen LogP) is 10.2. The van der Waals surface area contributed by atoms with Crippen LogP contribution in [0.3, 0.4) is 0 Å². The molecule has 0 saturated heterocycles. The van der Waals surface area contributed by atoms with Gasteiger partial charge in [0, 0.05) is 52.8 Å². The highest BCUT2D eigenvalue weighted by Crippen LogP contribution is 2.50. The van der Waals surface area contributed by atoms with Crippen LogP contribution in [0.5, 0.6) is 0 Å². The van der Waals surface area contributed by atoms with Crippen LogP contribution in [-0.2, 0) is 0 Å². The van der Waals surface area contributed by atoms with Crippen LogP contribution in [0.25, 0.3) is 91.5 Å². The summed E-state index contributed by atoms with van der Waals surface area (Å²) < 4.78 is 11.5. The molecule has 0 N–H and O–H groups in total. The number of thiophene rings is 1. The van der Waals surface area contributed by atoms with Gasteiger partial charge in [-0.05, 0) is 65.0 Å². The monoisotopic (exact) mass is 487 g/mol. The smallest absolute Gasteiger partial charge is 0.136 e. The molecular formula is C34H17NOS. The van der Waals surface area contributed by atoms with Gasteiger partial charge in [-0.2, -0.15) is 0 Å². The van der Waals surface area contributed by atoms with Gasteiger partial charge in [0.05, 0.1) is 11.0 Å². The minimum Gasteiger partial charge on any atom is -0.456 e. The molecule has 3 heterocycles. The summed E-state index contributed by atoms with van der Waals surface area (Å²) in [7, 11) is 0. The fraction of sp³-hybridized carbons (Fsp3) is 0. The zero-order valence-electron chi connectivity index (χ0n) is 19.6. The Labute approximate surface area is 214 Å². The Hall–Kier alpha value is -4.60. The molecule has 0 bridgehead atoms. The normalized spacial score (nSPS) is 12.9. The highest BCUT2D eigenvalue weighted by atomic mass is 32.1. The maximum absolute atomic E-state index is 6.38. The van der Waals surface area contributed by atoms with E-state index < -0.39 is 0 Å². The molecule has 0 atom stereocenters. The first kappa shape index (κ1) is 18.6. The minimum absolute atomic E-state index is 0.960. The first-order valence-corrected chi connectivity index (χ1v) is 13.4. The van der Waals surface area contributed by atoms with Gasteiger partial charge in [-0.15, -0.1) is 11.3 Å². The lowest BCUT2D eigenvalue weighted by atomic mass is 9.98. The van der Waals surface area contributed by atoms with Crippen molar-refractivity contribution >= 4 is 86.0 Å². The fourth-order valence-corrected chi connectivity index (χ4v) is 7.94. The van der Waals surface area contributed by atoms with Crippen LogP contribution in [0, 0.1) is 0 Å². The van der Waals surface area contributed by atoms with Crippen LogP contribution in [0.2, 0.25) is 0 Å². The van der Waals surface area contributed by atoms with E-state index in [0.29, 0.717) is 0 Å². The third kappa shape index (κ3) is 2.11.